The Morgan fingerprint density at radius 2 is 1.82 bits per heavy atom. The largest absolute Gasteiger partial charge is 0.477 e. The molecule has 148 valence electrons. The quantitative estimate of drug-likeness (QED) is 0.884. The zero-order chi connectivity index (χ0) is 20.1. The van der Waals surface area contributed by atoms with Crippen molar-refractivity contribution < 1.29 is 14.7 Å². The van der Waals surface area contributed by atoms with Crippen LogP contribution in [0.5, 0.6) is 0 Å². The van der Waals surface area contributed by atoms with E-state index in [1.54, 1.807) is 19.0 Å². The fraction of sp³-hybridized carbons (Fsp3) is 0.455. The highest BCUT2D eigenvalue weighted by Gasteiger charge is 2.49. The Balaban J connectivity index is 1.62. The fourth-order valence-electron chi connectivity index (χ4n) is 4.82. The third kappa shape index (κ3) is 2.83. The van der Waals surface area contributed by atoms with E-state index < -0.39 is 5.97 Å². The number of fused-ring (bicyclic) bond motifs is 2. The number of aromatic nitrogens is 1. The van der Waals surface area contributed by atoms with Crippen LogP contribution in [0.25, 0.3) is 0 Å². The first kappa shape index (κ1) is 18.7. The van der Waals surface area contributed by atoms with Gasteiger partial charge in [-0.3, -0.25) is 9.69 Å². The molecule has 1 aromatic heterocycles. The number of hydrogen-bond donors (Lipinski definition) is 1. The Morgan fingerprint density at radius 3 is 2.36 bits per heavy atom. The number of amides is 1. The van der Waals surface area contributed by atoms with Gasteiger partial charge in [0.15, 0.2) is 0 Å². The van der Waals surface area contributed by atoms with Gasteiger partial charge in [-0.05, 0) is 55.5 Å². The summed E-state index contributed by atoms with van der Waals surface area (Å²) in [6, 6.07) is 9.68. The molecule has 1 N–H and O–H groups in total. The Bertz CT molecular complexity index is 923. The van der Waals surface area contributed by atoms with Crippen LogP contribution in [0.1, 0.15) is 56.9 Å². The van der Waals surface area contributed by atoms with Crippen LogP contribution in [0.3, 0.4) is 0 Å². The van der Waals surface area contributed by atoms with Gasteiger partial charge in [-0.25, -0.2) is 4.79 Å². The van der Waals surface area contributed by atoms with Gasteiger partial charge in [-0.2, -0.15) is 0 Å². The Kier molecular flexibility index (Phi) is 4.54. The van der Waals surface area contributed by atoms with Gasteiger partial charge in [0.05, 0.1) is 5.54 Å². The molecule has 1 fully saturated rings. The average molecular weight is 381 g/mol. The Labute approximate surface area is 165 Å². The molecule has 1 amide bonds. The SMILES string of the molecule is Cc1cc(C(=O)O)n2c1C1(CCC1)N(Cc1ccc(C(=O)N(C)C)cc1)CC2. The molecule has 6 nitrogen and oxygen atoms in total. The molecule has 0 atom stereocenters. The van der Waals surface area contributed by atoms with Gasteiger partial charge in [0.2, 0.25) is 0 Å². The van der Waals surface area contributed by atoms with Crippen molar-refractivity contribution in [1.29, 1.82) is 0 Å². The molecule has 0 unspecified atom stereocenters. The molecule has 2 heterocycles. The van der Waals surface area contributed by atoms with Crippen LogP contribution in [0.2, 0.25) is 0 Å². The smallest absolute Gasteiger partial charge is 0.352 e. The lowest BCUT2D eigenvalue weighted by Crippen LogP contribution is -2.56. The lowest BCUT2D eigenvalue weighted by molar-refractivity contribution is -0.0225. The van der Waals surface area contributed by atoms with Crippen LogP contribution >= 0.6 is 0 Å². The third-order valence-electron chi connectivity index (χ3n) is 6.31. The number of aromatic carboxylic acids is 1. The van der Waals surface area contributed by atoms with Gasteiger partial charge in [0.25, 0.3) is 5.91 Å². The topological polar surface area (TPSA) is 65.8 Å². The minimum Gasteiger partial charge on any atom is -0.477 e. The normalized spacial score (nSPS) is 17.8. The van der Waals surface area contributed by atoms with Gasteiger partial charge < -0.3 is 14.6 Å². The molecule has 28 heavy (non-hydrogen) atoms. The summed E-state index contributed by atoms with van der Waals surface area (Å²) in [7, 11) is 3.51. The van der Waals surface area contributed by atoms with E-state index in [4.69, 9.17) is 0 Å². The highest BCUT2D eigenvalue weighted by molar-refractivity contribution is 5.93. The molecule has 4 rings (SSSR count). The van der Waals surface area contributed by atoms with Crippen LogP contribution in [0.15, 0.2) is 30.3 Å². The lowest BCUT2D eigenvalue weighted by Gasteiger charge is -2.54. The molecule has 6 heteroatoms. The van der Waals surface area contributed by atoms with Crippen molar-refractivity contribution in [3.05, 3.63) is 58.4 Å². The van der Waals surface area contributed by atoms with Crippen LogP contribution in [0, 0.1) is 6.92 Å². The zero-order valence-electron chi connectivity index (χ0n) is 16.7. The molecule has 1 aliphatic carbocycles. The summed E-state index contributed by atoms with van der Waals surface area (Å²) in [5.41, 5.74) is 4.48. The second kappa shape index (κ2) is 6.78. The van der Waals surface area contributed by atoms with Crippen LogP contribution in [0.4, 0.5) is 0 Å². The van der Waals surface area contributed by atoms with Gasteiger partial charge in [-0.15, -0.1) is 0 Å². The second-order valence-electron chi connectivity index (χ2n) is 8.22. The number of carboxylic acids is 1. The lowest BCUT2D eigenvalue weighted by atomic mass is 9.70. The third-order valence-corrected chi connectivity index (χ3v) is 6.31. The van der Waals surface area contributed by atoms with Crippen molar-refractivity contribution in [3.8, 4) is 0 Å². The van der Waals surface area contributed by atoms with Gasteiger partial charge in [-0.1, -0.05) is 12.1 Å². The number of carbonyl (C=O) groups is 2. The van der Waals surface area contributed by atoms with Crippen molar-refractivity contribution in [2.75, 3.05) is 20.6 Å². The van der Waals surface area contributed by atoms with E-state index in [2.05, 4.69) is 4.90 Å². The Morgan fingerprint density at radius 1 is 1.14 bits per heavy atom. The highest BCUT2D eigenvalue weighted by Crippen LogP contribution is 2.50. The van der Waals surface area contributed by atoms with E-state index in [9.17, 15) is 14.7 Å². The summed E-state index contributed by atoms with van der Waals surface area (Å²) in [6.07, 6.45) is 3.29. The number of aryl methyl sites for hydroxylation is 1. The monoisotopic (exact) mass is 381 g/mol. The maximum atomic E-state index is 12.1. The number of rotatable bonds is 4. The summed E-state index contributed by atoms with van der Waals surface area (Å²) in [4.78, 5) is 27.8. The number of nitrogens with zero attached hydrogens (tertiary/aromatic N) is 3. The molecule has 1 saturated carbocycles. The molecular formula is C22H27N3O3. The van der Waals surface area contributed by atoms with E-state index in [0.29, 0.717) is 17.8 Å². The van der Waals surface area contributed by atoms with E-state index >= 15 is 0 Å². The number of hydrogen-bond acceptors (Lipinski definition) is 3. The standard InChI is InChI=1S/C22H27N3O3/c1-15-13-18(21(27)28)25-12-11-24(22(19(15)25)9-4-10-22)14-16-5-7-17(8-6-16)20(26)23(2)3/h5-8,13H,4,9-12,14H2,1-3H3,(H,27,28). The summed E-state index contributed by atoms with van der Waals surface area (Å²) >= 11 is 0. The van der Waals surface area contributed by atoms with Crippen molar-refractivity contribution in [2.24, 2.45) is 0 Å². The van der Waals surface area contributed by atoms with Crippen molar-refractivity contribution in [1.82, 2.24) is 14.4 Å². The van der Waals surface area contributed by atoms with Crippen LogP contribution in [-0.4, -0.2) is 52.0 Å². The predicted octanol–water partition coefficient (Wildman–Crippen LogP) is 3.09. The summed E-state index contributed by atoms with van der Waals surface area (Å²) in [5, 5.41) is 9.56. The fourth-order valence-corrected chi connectivity index (χ4v) is 4.82. The molecule has 0 radical (unpaired) electrons. The van der Waals surface area contributed by atoms with Gasteiger partial charge in [0.1, 0.15) is 5.69 Å². The average Bonchev–Trinajstić information content (AvgIpc) is 2.98. The molecule has 2 aromatic rings. The minimum atomic E-state index is -0.849. The van der Waals surface area contributed by atoms with Crippen LogP contribution < -0.4 is 0 Å². The van der Waals surface area contributed by atoms with Gasteiger partial charge >= 0.3 is 5.97 Å². The first-order chi connectivity index (χ1) is 13.3. The summed E-state index contributed by atoms with van der Waals surface area (Å²) in [6.45, 7) is 4.37. The van der Waals surface area contributed by atoms with E-state index in [0.717, 1.165) is 31.5 Å². The van der Waals surface area contributed by atoms with Crippen molar-refractivity contribution in [3.63, 3.8) is 0 Å². The van der Waals surface area contributed by atoms with E-state index in [1.807, 2.05) is 41.8 Å². The molecule has 0 saturated heterocycles. The molecule has 2 aliphatic rings. The molecular weight excluding hydrogens is 354 g/mol. The highest BCUT2D eigenvalue weighted by atomic mass is 16.4. The molecule has 1 aromatic carbocycles. The maximum absolute atomic E-state index is 12.1. The van der Waals surface area contributed by atoms with Crippen LogP contribution in [-0.2, 0) is 18.6 Å². The number of carboxylic acid groups (broad SMARTS) is 1. The summed E-state index contributed by atoms with van der Waals surface area (Å²) in [5.74, 6) is -0.840. The van der Waals surface area contributed by atoms with Crippen molar-refractivity contribution in [2.45, 2.75) is 44.8 Å². The maximum Gasteiger partial charge on any atom is 0.352 e. The predicted molar refractivity (Wildman–Crippen MR) is 107 cm³/mol. The van der Waals surface area contributed by atoms with E-state index in [1.165, 1.54) is 17.7 Å². The Hall–Kier alpha value is -2.60. The second-order valence-corrected chi connectivity index (χ2v) is 8.22. The minimum absolute atomic E-state index is 0.00892. The molecule has 1 aliphatic heterocycles. The first-order valence-corrected chi connectivity index (χ1v) is 9.83. The number of benzene rings is 1. The number of carbonyl (C=O) groups excluding carboxylic acids is 1. The first-order valence-electron chi connectivity index (χ1n) is 9.83. The van der Waals surface area contributed by atoms with Crippen molar-refractivity contribution >= 4 is 11.9 Å². The summed E-state index contributed by atoms with van der Waals surface area (Å²) < 4.78 is 2.02. The molecule has 0 bridgehead atoms. The molecule has 1 spiro atoms. The van der Waals surface area contributed by atoms with Gasteiger partial charge in [0, 0.05) is 45.0 Å². The zero-order valence-corrected chi connectivity index (χ0v) is 16.7. The van der Waals surface area contributed by atoms with E-state index in [-0.39, 0.29) is 11.4 Å².